The van der Waals surface area contributed by atoms with E-state index in [1.165, 1.54) is 5.56 Å². The minimum atomic E-state index is -0.575. The van der Waals surface area contributed by atoms with E-state index in [2.05, 4.69) is 36.3 Å². The molecule has 1 heterocycles. The number of nitrogens with zero attached hydrogens (tertiary/aromatic N) is 1. The molecule has 1 fully saturated rings. The average molecular weight is 361 g/mol. The summed E-state index contributed by atoms with van der Waals surface area (Å²) in [7, 11) is 0. The maximum atomic E-state index is 12.3. The topological polar surface area (TPSA) is 70.7 Å². The van der Waals surface area contributed by atoms with Crippen LogP contribution in [0.1, 0.15) is 43.6 Å². The normalized spacial score (nSPS) is 16.8. The number of carbonyl (C=O) groups excluding carboxylic acids is 2. The van der Waals surface area contributed by atoms with Crippen LogP contribution >= 0.6 is 0 Å². The Bertz CT molecular complexity index is 602. The van der Waals surface area contributed by atoms with Gasteiger partial charge in [-0.2, -0.15) is 0 Å². The highest BCUT2D eigenvalue weighted by Crippen LogP contribution is 2.22. The number of morpholine rings is 1. The number of carbonyl (C=O) groups is 2. The van der Waals surface area contributed by atoms with Gasteiger partial charge < -0.3 is 15.4 Å². The molecule has 0 aliphatic carbocycles. The van der Waals surface area contributed by atoms with Crippen LogP contribution in [-0.4, -0.2) is 62.1 Å². The molecule has 0 unspecified atom stereocenters. The van der Waals surface area contributed by atoms with Crippen LogP contribution in [0, 0.1) is 0 Å². The number of benzene rings is 1. The molecule has 0 radical (unpaired) electrons. The SMILES string of the molecule is C[C@@H](NC(=O)c1ccc(C(C)(C)C)cc1)C(=O)NCCN1CCOCC1. The molecule has 0 bridgehead atoms. The van der Waals surface area contributed by atoms with E-state index in [1.54, 1.807) is 19.1 Å². The van der Waals surface area contributed by atoms with Crippen LogP contribution in [-0.2, 0) is 14.9 Å². The maximum absolute atomic E-state index is 12.3. The first-order chi connectivity index (χ1) is 12.3. The maximum Gasteiger partial charge on any atom is 0.251 e. The quantitative estimate of drug-likeness (QED) is 0.807. The fraction of sp³-hybridized carbons (Fsp3) is 0.600. The minimum Gasteiger partial charge on any atom is -0.379 e. The Hall–Kier alpha value is -1.92. The van der Waals surface area contributed by atoms with Gasteiger partial charge in [-0.05, 0) is 30.0 Å². The van der Waals surface area contributed by atoms with Crippen LogP contribution in [0.4, 0.5) is 0 Å². The van der Waals surface area contributed by atoms with Gasteiger partial charge in [-0.1, -0.05) is 32.9 Å². The van der Waals surface area contributed by atoms with Crippen molar-refractivity contribution >= 4 is 11.8 Å². The molecule has 0 spiro atoms. The van der Waals surface area contributed by atoms with Gasteiger partial charge in [-0.3, -0.25) is 14.5 Å². The average Bonchev–Trinajstić information content (AvgIpc) is 2.61. The molecule has 144 valence electrons. The van der Waals surface area contributed by atoms with E-state index in [0.717, 1.165) is 32.8 Å². The van der Waals surface area contributed by atoms with Crippen molar-refractivity contribution in [2.24, 2.45) is 0 Å². The Kier molecular flexibility index (Phi) is 7.17. The lowest BCUT2D eigenvalue weighted by molar-refractivity contribution is -0.122. The van der Waals surface area contributed by atoms with Gasteiger partial charge in [0.2, 0.25) is 5.91 Å². The van der Waals surface area contributed by atoms with Gasteiger partial charge in [0.1, 0.15) is 6.04 Å². The van der Waals surface area contributed by atoms with Gasteiger partial charge in [0.15, 0.2) is 0 Å². The lowest BCUT2D eigenvalue weighted by atomic mass is 9.86. The molecule has 6 heteroatoms. The molecule has 26 heavy (non-hydrogen) atoms. The van der Waals surface area contributed by atoms with Crippen LogP contribution in [0.5, 0.6) is 0 Å². The van der Waals surface area contributed by atoms with Crippen molar-refractivity contribution in [2.75, 3.05) is 39.4 Å². The second kappa shape index (κ2) is 9.14. The molecule has 1 aromatic rings. The van der Waals surface area contributed by atoms with Crippen molar-refractivity contribution in [3.63, 3.8) is 0 Å². The summed E-state index contributed by atoms with van der Waals surface area (Å²) < 4.78 is 5.30. The molecule has 2 rings (SSSR count). The molecule has 1 saturated heterocycles. The van der Waals surface area contributed by atoms with E-state index in [9.17, 15) is 9.59 Å². The molecule has 0 aromatic heterocycles. The zero-order chi connectivity index (χ0) is 19.2. The molecule has 0 saturated carbocycles. The van der Waals surface area contributed by atoms with Crippen LogP contribution in [0.25, 0.3) is 0 Å². The lowest BCUT2D eigenvalue weighted by Crippen LogP contribution is -2.47. The largest absolute Gasteiger partial charge is 0.379 e. The zero-order valence-electron chi connectivity index (χ0n) is 16.3. The molecule has 1 atom stereocenters. The second-order valence-electron chi connectivity index (χ2n) is 7.77. The molecular weight excluding hydrogens is 330 g/mol. The van der Waals surface area contributed by atoms with Crippen LogP contribution in [0.15, 0.2) is 24.3 Å². The Morgan fingerprint density at radius 3 is 2.35 bits per heavy atom. The molecule has 2 N–H and O–H groups in total. The predicted molar refractivity (Wildman–Crippen MR) is 102 cm³/mol. The third-order valence-corrected chi connectivity index (χ3v) is 4.58. The summed E-state index contributed by atoms with van der Waals surface area (Å²) in [4.78, 5) is 26.8. The van der Waals surface area contributed by atoms with Crippen LogP contribution in [0.2, 0.25) is 0 Å². The molecular formula is C20H31N3O3. The highest BCUT2D eigenvalue weighted by molar-refractivity contribution is 5.97. The van der Waals surface area contributed by atoms with E-state index in [1.807, 2.05) is 12.1 Å². The Morgan fingerprint density at radius 1 is 1.15 bits per heavy atom. The van der Waals surface area contributed by atoms with Gasteiger partial charge in [0.05, 0.1) is 13.2 Å². The fourth-order valence-corrected chi connectivity index (χ4v) is 2.78. The smallest absolute Gasteiger partial charge is 0.251 e. The highest BCUT2D eigenvalue weighted by Gasteiger charge is 2.18. The summed E-state index contributed by atoms with van der Waals surface area (Å²) in [6, 6.07) is 6.96. The molecule has 1 aromatic carbocycles. The van der Waals surface area contributed by atoms with Crippen LogP contribution in [0.3, 0.4) is 0 Å². The van der Waals surface area contributed by atoms with E-state index in [4.69, 9.17) is 4.74 Å². The molecule has 2 amide bonds. The van der Waals surface area contributed by atoms with E-state index >= 15 is 0 Å². The summed E-state index contributed by atoms with van der Waals surface area (Å²) in [6.45, 7) is 12.7. The van der Waals surface area contributed by atoms with E-state index in [0.29, 0.717) is 12.1 Å². The van der Waals surface area contributed by atoms with Gasteiger partial charge >= 0.3 is 0 Å². The van der Waals surface area contributed by atoms with Crippen molar-refractivity contribution in [3.8, 4) is 0 Å². The second-order valence-corrected chi connectivity index (χ2v) is 7.77. The van der Waals surface area contributed by atoms with Crippen molar-refractivity contribution < 1.29 is 14.3 Å². The van der Waals surface area contributed by atoms with Gasteiger partial charge in [-0.25, -0.2) is 0 Å². The van der Waals surface area contributed by atoms with E-state index < -0.39 is 6.04 Å². The number of amides is 2. The number of hydrogen-bond acceptors (Lipinski definition) is 4. The van der Waals surface area contributed by atoms with E-state index in [-0.39, 0.29) is 17.2 Å². The van der Waals surface area contributed by atoms with Crippen molar-refractivity contribution in [1.82, 2.24) is 15.5 Å². The number of hydrogen-bond donors (Lipinski definition) is 2. The van der Waals surface area contributed by atoms with Gasteiger partial charge in [0, 0.05) is 31.7 Å². The molecule has 6 nitrogen and oxygen atoms in total. The third kappa shape index (κ3) is 6.11. The summed E-state index contributed by atoms with van der Waals surface area (Å²) >= 11 is 0. The highest BCUT2D eigenvalue weighted by atomic mass is 16.5. The Balaban J connectivity index is 1.77. The Morgan fingerprint density at radius 2 is 1.77 bits per heavy atom. The Labute approximate surface area is 156 Å². The third-order valence-electron chi connectivity index (χ3n) is 4.58. The standard InChI is InChI=1S/C20H31N3O3/c1-15(18(24)21-9-10-23-11-13-26-14-12-23)22-19(25)16-5-7-17(8-6-16)20(2,3)4/h5-8,15H,9-14H2,1-4H3,(H,21,24)(H,22,25)/t15-/m1/s1. The first-order valence-corrected chi connectivity index (χ1v) is 9.26. The summed E-state index contributed by atoms with van der Waals surface area (Å²) in [6.07, 6.45) is 0. The number of rotatable bonds is 6. The monoisotopic (exact) mass is 361 g/mol. The van der Waals surface area contributed by atoms with Gasteiger partial charge in [-0.15, -0.1) is 0 Å². The predicted octanol–water partition coefficient (Wildman–Crippen LogP) is 1.55. The number of ether oxygens (including phenoxy) is 1. The van der Waals surface area contributed by atoms with Crippen LogP contribution < -0.4 is 10.6 Å². The number of nitrogens with one attached hydrogen (secondary N) is 2. The first-order valence-electron chi connectivity index (χ1n) is 9.26. The zero-order valence-corrected chi connectivity index (χ0v) is 16.3. The summed E-state index contributed by atoms with van der Waals surface area (Å²) in [5, 5.41) is 5.64. The first kappa shape index (κ1) is 20.4. The minimum absolute atomic E-state index is 0.0443. The molecule has 1 aliphatic rings. The van der Waals surface area contributed by atoms with Crippen molar-refractivity contribution in [2.45, 2.75) is 39.2 Å². The molecule has 1 aliphatic heterocycles. The summed E-state index contributed by atoms with van der Waals surface area (Å²) in [5.41, 5.74) is 1.77. The van der Waals surface area contributed by atoms with Crippen molar-refractivity contribution in [3.05, 3.63) is 35.4 Å². The lowest BCUT2D eigenvalue weighted by Gasteiger charge is -2.26. The van der Waals surface area contributed by atoms with Gasteiger partial charge in [0.25, 0.3) is 5.91 Å². The fourth-order valence-electron chi connectivity index (χ4n) is 2.78. The summed E-state index contributed by atoms with van der Waals surface area (Å²) in [5.74, 6) is -0.404. The van der Waals surface area contributed by atoms with Crippen molar-refractivity contribution in [1.29, 1.82) is 0 Å².